The van der Waals surface area contributed by atoms with Crippen molar-refractivity contribution in [2.75, 3.05) is 40.8 Å². The fraction of sp³-hybridized carbons (Fsp3) is 0.400. The number of carbonyl (C=O) groups excluding carboxylic acids is 1. The molecule has 4 heterocycles. The Labute approximate surface area is 177 Å². The summed E-state index contributed by atoms with van der Waals surface area (Å²) in [6.45, 7) is 3.51. The van der Waals surface area contributed by atoms with Crippen LogP contribution in [-0.2, 0) is 0 Å². The lowest BCUT2D eigenvalue weighted by Crippen LogP contribution is -2.65. The molecular formula is C25H29N2O3+. The second kappa shape index (κ2) is 7.17. The molecule has 0 N–H and O–H groups in total. The predicted molar refractivity (Wildman–Crippen MR) is 118 cm³/mol. The van der Waals surface area contributed by atoms with Gasteiger partial charge in [0.15, 0.2) is 5.76 Å². The highest BCUT2D eigenvalue weighted by molar-refractivity contribution is 6.00. The van der Waals surface area contributed by atoms with E-state index in [1.165, 1.54) is 25.9 Å². The van der Waals surface area contributed by atoms with Gasteiger partial charge in [-0.3, -0.25) is 4.79 Å². The zero-order valence-corrected chi connectivity index (χ0v) is 17.9. The average molecular weight is 406 g/mol. The first-order valence-corrected chi connectivity index (χ1v) is 10.8. The molecule has 5 heteroatoms. The number of carbonyl (C=O) groups is 1. The van der Waals surface area contributed by atoms with Crippen LogP contribution >= 0.6 is 0 Å². The molecule has 3 aliphatic rings. The Hall–Kier alpha value is -2.79. The van der Waals surface area contributed by atoms with Gasteiger partial charge in [-0.2, -0.15) is 0 Å². The number of furan rings is 1. The van der Waals surface area contributed by atoms with Gasteiger partial charge in [-0.1, -0.05) is 36.4 Å². The molecule has 156 valence electrons. The number of benzene rings is 2. The average Bonchev–Trinajstić information content (AvgIpc) is 3.22. The van der Waals surface area contributed by atoms with Gasteiger partial charge in [-0.25, -0.2) is 0 Å². The van der Waals surface area contributed by atoms with Gasteiger partial charge in [0.25, 0.3) is 5.91 Å². The van der Waals surface area contributed by atoms with E-state index in [0.717, 1.165) is 38.9 Å². The molecule has 2 bridgehead atoms. The number of rotatable bonds is 4. The predicted octanol–water partition coefficient (Wildman–Crippen LogP) is 4.42. The van der Waals surface area contributed by atoms with E-state index in [2.05, 4.69) is 7.05 Å². The van der Waals surface area contributed by atoms with Crippen molar-refractivity contribution in [3.05, 3.63) is 54.3 Å². The van der Waals surface area contributed by atoms with Gasteiger partial charge in [0.05, 0.1) is 39.8 Å². The van der Waals surface area contributed by atoms with Crippen LogP contribution in [0.15, 0.2) is 52.9 Å². The van der Waals surface area contributed by atoms with E-state index in [1.54, 1.807) is 7.11 Å². The van der Waals surface area contributed by atoms with Crippen molar-refractivity contribution < 1.29 is 18.4 Å². The first-order chi connectivity index (χ1) is 14.5. The topological polar surface area (TPSA) is 42.7 Å². The van der Waals surface area contributed by atoms with Crippen LogP contribution in [0, 0.1) is 5.92 Å². The molecule has 0 unspecified atom stereocenters. The van der Waals surface area contributed by atoms with Gasteiger partial charge in [-0.05, 0) is 18.1 Å². The Kier molecular flexibility index (Phi) is 4.58. The van der Waals surface area contributed by atoms with Crippen molar-refractivity contribution in [2.45, 2.75) is 18.9 Å². The number of likely N-dealkylation sites (N-methyl/N-ethyl adjacent to an activating group) is 2. The lowest BCUT2D eigenvalue weighted by atomic mass is 9.81. The number of hydrogen-bond acceptors (Lipinski definition) is 3. The molecule has 1 atom stereocenters. The summed E-state index contributed by atoms with van der Waals surface area (Å²) in [7, 11) is 5.93. The molecule has 3 aromatic rings. The van der Waals surface area contributed by atoms with Crippen LogP contribution in [0.1, 0.15) is 23.4 Å². The normalized spacial score (nSPS) is 25.4. The molecule has 0 saturated carbocycles. The third-order valence-electron chi connectivity index (χ3n) is 7.22. The summed E-state index contributed by atoms with van der Waals surface area (Å²) in [5.41, 5.74) is 2.63. The summed E-state index contributed by atoms with van der Waals surface area (Å²) in [4.78, 5) is 15.3. The summed E-state index contributed by atoms with van der Waals surface area (Å²) >= 11 is 0. The Balaban J connectivity index is 1.49. The lowest BCUT2D eigenvalue weighted by molar-refractivity contribution is -0.926. The van der Waals surface area contributed by atoms with E-state index in [0.29, 0.717) is 11.7 Å². The number of hydrogen-bond donors (Lipinski definition) is 0. The van der Waals surface area contributed by atoms with E-state index in [-0.39, 0.29) is 11.9 Å². The number of nitrogens with zero attached hydrogens (tertiary/aromatic N) is 2. The van der Waals surface area contributed by atoms with Gasteiger partial charge in [0, 0.05) is 36.4 Å². The van der Waals surface area contributed by atoms with Crippen molar-refractivity contribution in [3.8, 4) is 16.9 Å². The summed E-state index contributed by atoms with van der Waals surface area (Å²) in [6.07, 6.45) is 2.41. The second-order valence-electron chi connectivity index (χ2n) is 9.10. The molecule has 0 spiro atoms. The molecule has 0 radical (unpaired) electrons. The van der Waals surface area contributed by atoms with Crippen molar-refractivity contribution in [2.24, 2.45) is 5.92 Å². The van der Waals surface area contributed by atoms with Crippen molar-refractivity contribution >= 4 is 16.9 Å². The molecule has 3 aliphatic heterocycles. The third kappa shape index (κ3) is 3.08. The SMILES string of the molecule is COc1ccccc1-c1cccc2cc(C(=O)N(C)[C@H]3C[N+]4(C)CCC3CC4)oc12. The molecule has 3 saturated heterocycles. The van der Waals surface area contributed by atoms with Crippen LogP contribution in [0.3, 0.4) is 0 Å². The van der Waals surface area contributed by atoms with Gasteiger partial charge in [0.1, 0.15) is 11.3 Å². The zero-order chi connectivity index (χ0) is 20.9. The van der Waals surface area contributed by atoms with E-state index >= 15 is 0 Å². The van der Waals surface area contributed by atoms with Crippen LogP contribution in [0.25, 0.3) is 22.1 Å². The van der Waals surface area contributed by atoms with Gasteiger partial charge >= 0.3 is 0 Å². The van der Waals surface area contributed by atoms with Gasteiger partial charge < -0.3 is 18.5 Å². The number of ether oxygens (including phenoxy) is 1. The quantitative estimate of drug-likeness (QED) is 0.604. The highest BCUT2D eigenvalue weighted by atomic mass is 16.5. The maximum atomic E-state index is 13.4. The first-order valence-electron chi connectivity index (χ1n) is 10.8. The molecule has 1 amide bonds. The number of piperidine rings is 3. The number of methoxy groups -OCH3 is 1. The number of quaternary nitrogens is 1. The van der Waals surface area contributed by atoms with Crippen LogP contribution in [0.4, 0.5) is 0 Å². The minimum absolute atomic E-state index is 0.0254. The molecule has 3 fully saturated rings. The molecule has 2 aromatic carbocycles. The minimum atomic E-state index is -0.0254. The van der Waals surface area contributed by atoms with E-state index in [9.17, 15) is 4.79 Å². The number of para-hydroxylation sites is 2. The number of amides is 1. The monoisotopic (exact) mass is 405 g/mol. The lowest BCUT2D eigenvalue weighted by Gasteiger charge is -2.52. The highest BCUT2D eigenvalue weighted by Crippen LogP contribution is 2.38. The molecule has 5 nitrogen and oxygen atoms in total. The molecule has 1 aromatic heterocycles. The van der Waals surface area contributed by atoms with Crippen LogP contribution in [0.2, 0.25) is 0 Å². The van der Waals surface area contributed by atoms with Crippen molar-refractivity contribution in [3.63, 3.8) is 0 Å². The van der Waals surface area contributed by atoms with Crippen molar-refractivity contribution in [1.82, 2.24) is 4.90 Å². The highest BCUT2D eigenvalue weighted by Gasteiger charge is 2.46. The van der Waals surface area contributed by atoms with E-state index in [1.807, 2.05) is 60.5 Å². The Morgan fingerprint density at radius 2 is 1.83 bits per heavy atom. The maximum Gasteiger partial charge on any atom is 0.289 e. The Morgan fingerprint density at radius 1 is 1.10 bits per heavy atom. The van der Waals surface area contributed by atoms with E-state index in [4.69, 9.17) is 9.15 Å². The van der Waals surface area contributed by atoms with Gasteiger partial charge in [0.2, 0.25) is 0 Å². The van der Waals surface area contributed by atoms with Crippen LogP contribution < -0.4 is 4.74 Å². The summed E-state index contributed by atoms with van der Waals surface area (Å²) < 4.78 is 12.8. The smallest absolute Gasteiger partial charge is 0.289 e. The first kappa shape index (κ1) is 19.2. The zero-order valence-electron chi connectivity index (χ0n) is 17.9. The van der Waals surface area contributed by atoms with E-state index < -0.39 is 0 Å². The standard InChI is InChI=1S/C25H29N2O3/c1-26(21-16-27(2)13-11-17(21)12-14-27)25(28)23-15-18-7-6-9-20(24(18)30-23)19-8-4-5-10-22(19)29-3/h4-10,15,17,21H,11-14,16H2,1-3H3/q+1/t17?,21-,27?/m0/s1. The molecule has 6 rings (SSSR count). The Morgan fingerprint density at radius 3 is 2.57 bits per heavy atom. The summed E-state index contributed by atoms with van der Waals surface area (Å²) in [5.74, 6) is 1.78. The maximum absolute atomic E-state index is 13.4. The second-order valence-corrected chi connectivity index (χ2v) is 9.10. The largest absolute Gasteiger partial charge is 0.496 e. The number of fused-ring (bicyclic) bond motifs is 4. The molecule has 30 heavy (non-hydrogen) atoms. The van der Waals surface area contributed by atoms with Crippen molar-refractivity contribution in [1.29, 1.82) is 0 Å². The summed E-state index contributed by atoms with van der Waals surface area (Å²) in [6, 6.07) is 16.1. The molecule has 0 aliphatic carbocycles. The summed E-state index contributed by atoms with van der Waals surface area (Å²) in [5, 5.41) is 0.933. The van der Waals surface area contributed by atoms with Gasteiger partial charge in [-0.15, -0.1) is 0 Å². The Bertz CT molecular complexity index is 1090. The minimum Gasteiger partial charge on any atom is -0.496 e. The fourth-order valence-corrected chi connectivity index (χ4v) is 5.39. The third-order valence-corrected chi connectivity index (χ3v) is 7.22. The fourth-order valence-electron chi connectivity index (χ4n) is 5.39. The van der Waals surface area contributed by atoms with Crippen LogP contribution in [-0.4, -0.2) is 62.2 Å². The van der Waals surface area contributed by atoms with Crippen LogP contribution in [0.5, 0.6) is 5.75 Å². The molecular weight excluding hydrogens is 376 g/mol.